The van der Waals surface area contributed by atoms with Gasteiger partial charge in [-0.1, -0.05) is 13.8 Å². The molecule has 134 valence electrons. The SMILES string of the molecule is CC(C)CC(C)(CN)NC(=O)CN1C(=O)C2C3CCC(O3)C2C1=O. The Morgan fingerprint density at radius 3 is 2.29 bits per heavy atom. The van der Waals surface area contributed by atoms with Crippen LogP contribution in [0.1, 0.15) is 40.0 Å². The molecule has 3 aliphatic rings. The summed E-state index contributed by atoms with van der Waals surface area (Å²) in [5.74, 6) is -1.25. The van der Waals surface area contributed by atoms with E-state index in [2.05, 4.69) is 19.2 Å². The number of hydrogen-bond acceptors (Lipinski definition) is 5. The molecule has 5 atom stereocenters. The first-order valence-corrected chi connectivity index (χ1v) is 8.77. The molecule has 0 saturated carbocycles. The second-order valence-electron chi connectivity index (χ2n) is 8.02. The van der Waals surface area contributed by atoms with Crippen LogP contribution in [0, 0.1) is 17.8 Å². The Kier molecular flexibility index (Phi) is 4.42. The van der Waals surface area contributed by atoms with E-state index < -0.39 is 5.54 Å². The Labute approximate surface area is 142 Å². The zero-order valence-electron chi connectivity index (χ0n) is 14.6. The molecule has 3 amide bonds. The van der Waals surface area contributed by atoms with Crippen LogP contribution in [0.15, 0.2) is 0 Å². The normalized spacial score (nSPS) is 34.0. The Bertz CT molecular complexity index is 536. The average Bonchev–Trinajstić information content (AvgIpc) is 3.16. The number of amides is 3. The molecule has 3 N–H and O–H groups in total. The first-order valence-electron chi connectivity index (χ1n) is 8.77. The van der Waals surface area contributed by atoms with E-state index in [9.17, 15) is 14.4 Å². The molecule has 0 aliphatic carbocycles. The molecule has 24 heavy (non-hydrogen) atoms. The number of likely N-dealkylation sites (tertiary alicyclic amines) is 1. The maximum absolute atomic E-state index is 12.6. The van der Waals surface area contributed by atoms with Crippen molar-refractivity contribution in [3.8, 4) is 0 Å². The Hall–Kier alpha value is -1.47. The fraction of sp³-hybridized carbons (Fsp3) is 0.824. The van der Waals surface area contributed by atoms with Crippen LogP contribution in [-0.2, 0) is 19.1 Å². The number of ether oxygens (including phenoxy) is 1. The van der Waals surface area contributed by atoms with Crippen LogP contribution in [0.25, 0.3) is 0 Å². The topological polar surface area (TPSA) is 102 Å². The van der Waals surface area contributed by atoms with Gasteiger partial charge in [0.05, 0.1) is 24.0 Å². The highest BCUT2D eigenvalue weighted by atomic mass is 16.5. The monoisotopic (exact) mass is 337 g/mol. The largest absolute Gasteiger partial charge is 0.373 e. The lowest BCUT2D eigenvalue weighted by atomic mass is 9.81. The molecule has 3 aliphatic heterocycles. The number of fused-ring (bicyclic) bond motifs is 5. The minimum absolute atomic E-state index is 0.153. The molecule has 0 aromatic carbocycles. The van der Waals surface area contributed by atoms with Crippen molar-refractivity contribution in [1.29, 1.82) is 0 Å². The third kappa shape index (κ3) is 2.84. The van der Waals surface area contributed by atoms with Crippen molar-refractivity contribution in [2.45, 2.75) is 57.8 Å². The summed E-state index contributed by atoms with van der Waals surface area (Å²) in [5, 5.41) is 2.90. The van der Waals surface area contributed by atoms with E-state index in [4.69, 9.17) is 10.5 Å². The standard InChI is InChI=1S/C17H27N3O4/c1-9(2)6-17(3,8-18)19-12(21)7-20-15(22)13-10-4-5-11(24-10)14(13)16(20)23/h9-11,13-14H,4-8,18H2,1-3H3,(H,19,21). The molecule has 3 rings (SSSR count). The molecule has 0 spiro atoms. The van der Waals surface area contributed by atoms with Gasteiger partial charge in [0.1, 0.15) is 6.54 Å². The van der Waals surface area contributed by atoms with Crippen LogP contribution in [0.3, 0.4) is 0 Å². The number of rotatable bonds is 6. The van der Waals surface area contributed by atoms with Crippen molar-refractivity contribution < 1.29 is 19.1 Å². The minimum Gasteiger partial charge on any atom is -0.373 e. The summed E-state index contributed by atoms with van der Waals surface area (Å²) in [6.07, 6.45) is 2.08. The van der Waals surface area contributed by atoms with Gasteiger partial charge >= 0.3 is 0 Å². The van der Waals surface area contributed by atoms with Crippen LogP contribution >= 0.6 is 0 Å². The van der Waals surface area contributed by atoms with E-state index in [1.165, 1.54) is 0 Å². The van der Waals surface area contributed by atoms with Crippen molar-refractivity contribution in [2.75, 3.05) is 13.1 Å². The van der Waals surface area contributed by atoms with Crippen LogP contribution < -0.4 is 11.1 Å². The van der Waals surface area contributed by atoms with Gasteiger partial charge < -0.3 is 15.8 Å². The molecule has 7 heteroatoms. The van der Waals surface area contributed by atoms with E-state index in [1.54, 1.807) is 0 Å². The van der Waals surface area contributed by atoms with Gasteiger partial charge in [-0.25, -0.2) is 0 Å². The Balaban J connectivity index is 1.65. The predicted molar refractivity (Wildman–Crippen MR) is 86.7 cm³/mol. The number of nitrogens with two attached hydrogens (primary N) is 1. The van der Waals surface area contributed by atoms with Crippen molar-refractivity contribution in [3.63, 3.8) is 0 Å². The van der Waals surface area contributed by atoms with Gasteiger partial charge in [0.15, 0.2) is 0 Å². The fourth-order valence-corrected chi connectivity index (χ4v) is 4.54. The van der Waals surface area contributed by atoms with Gasteiger partial charge in [-0.05, 0) is 32.1 Å². The fourth-order valence-electron chi connectivity index (χ4n) is 4.54. The van der Waals surface area contributed by atoms with Crippen molar-refractivity contribution in [1.82, 2.24) is 10.2 Å². The van der Waals surface area contributed by atoms with Crippen LogP contribution in [0.2, 0.25) is 0 Å². The molecule has 3 heterocycles. The van der Waals surface area contributed by atoms with Gasteiger partial charge in [0, 0.05) is 12.1 Å². The highest BCUT2D eigenvalue weighted by Gasteiger charge is 2.62. The van der Waals surface area contributed by atoms with Crippen LogP contribution in [-0.4, -0.2) is 53.5 Å². The van der Waals surface area contributed by atoms with Gasteiger partial charge in [-0.3, -0.25) is 19.3 Å². The number of hydrogen-bond donors (Lipinski definition) is 2. The molecule has 0 aromatic rings. The van der Waals surface area contributed by atoms with Gasteiger partial charge in [0.25, 0.3) is 0 Å². The van der Waals surface area contributed by atoms with Gasteiger partial charge in [-0.15, -0.1) is 0 Å². The zero-order chi connectivity index (χ0) is 17.6. The maximum atomic E-state index is 12.6. The van der Waals surface area contributed by atoms with Gasteiger partial charge in [-0.2, -0.15) is 0 Å². The number of carbonyl (C=O) groups excluding carboxylic acids is 3. The summed E-state index contributed by atoms with van der Waals surface area (Å²) in [6, 6.07) is 0. The van der Waals surface area contributed by atoms with E-state index in [-0.39, 0.29) is 48.3 Å². The second kappa shape index (κ2) is 6.11. The lowest BCUT2D eigenvalue weighted by molar-refractivity contribution is -0.146. The number of nitrogens with one attached hydrogen (secondary N) is 1. The molecular formula is C17H27N3O4. The summed E-state index contributed by atoms with van der Waals surface area (Å²) in [7, 11) is 0. The Morgan fingerprint density at radius 2 is 1.83 bits per heavy atom. The molecule has 7 nitrogen and oxygen atoms in total. The Morgan fingerprint density at radius 1 is 1.29 bits per heavy atom. The summed E-state index contributed by atoms with van der Waals surface area (Å²) < 4.78 is 5.69. The quantitative estimate of drug-likeness (QED) is 0.666. The summed E-state index contributed by atoms with van der Waals surface area (Å²) in [6.45, 7) is 6.09. The minimum atomic E-state index is -0.533. The molecule has 0 aromatic heterocycles. The highest BCUT2D eigenvalue weighted by molar-refractivity contribution is 6.08. The lowest BCUT2D eigenvalue weighted by Gasteiger charge is -2.32. The van der Waals surface area contributed by atoms with Crippen LogP contribution in [0.5, 0.6) is 0 Å². The third-order valence-electron chi connectivity index (χ3n) is 5.43. The maximum Gasteiger partial charge on any atom is 0.240 e. The molecule has 0 radical (unpaired) electrons. The summed E-state index contributed by atoms with van der Waals surface area (Å²) >= 11 is 0. The number of nitrogens with zero attached hydrogens (tertiary/aromatic N) is 1. The second-order valence-corrected chi connectivity index (χ2v) is 8.02. The lowest BCUT2D eigenvalue weighted by Crippen LogP contribution is -2.55. The van der Waals surface area contributed by atoms with E-state index >= 15 is 0 Å². The first-order chi connectivity index (χ1) is 11.3. The zero-order valence-corrected chi connectivity index (χ0v) is 14.6. The van der Waals surface area contributed by atoms with E-state index in [0.717, 1.165) is 24.2 Å². The molecule has 3 saturated heterocycles. The predicted octanol–water partition coefficient (Wildman–Crippen LogP) is 0.0285. The third-order valence-corrected chi connectivity index (χ3v) is 5.43. The van der Waals surface area contributed by atoms with Crippen molar-refractivity contribution >= 4 is 17.7 Å². The molecule has 2 bridgehead atoms. The summed E-state index contributed by atoms with van der Waals surface area (Å²) in [5.41, 5.74) is 5.27. The van der Waals surface area contributed by atoms with E-state index in [0.29, 0.717) is 12.5 Å². The molecule has 5 unspecified atom stereocenters. The average molecular weight is 337 g/mol. The number of imide groups is 1. The van der Waals surface area contributed by atoms with E-state index in [1.807, 2.05) is 6.92 Å². The summed E-state index contributed by atoms with van der Waals surface area (Å²) in [4.78, 5) is 38.6. The van der Waals surface area contributed by atoms with Gasteiger partial charge in [0.2, 0.25) is 17.7 Å². The highest BCUT2D eigenvalue weighted by Crippen LogP contribution is 2.48. The molecular weight excluding hydrogens is 310 g/mol. The van der Waals surface area contributed by atoms with Crippen molar-refractivity contribution in [2.24, 2.45) is 23.5 Å². The number of carbonyl (C=O) groups is 3. The first kappa shape index (κ1) is 17.4. The van der Waals surface area contributed by atoms with Crippen molar-refractivity contribution in [3.05, 3.63) is 0 Å². The molecule has 3 fully saturated rings. The van der Waals surface area contributed by atoms with Crippen LogP contribution in [0.4, 0.5) is 0 Å². The smallest absolute Gasteiger partial charge is 0.240 e.